The van der Waals surface area contributed by atoms with E-state index in [1.807, 2.05) is 18.2 Å². The van der Waals surface area contributed by atoms with Crippen molar-refractivity contribution in [3.63, 3.8) is 0 Å². The Kier molecular flexibility index (Phi) is 4.12. The molecule has 0 atom stereocenters. The first-order valence-corrected chi connectivity index (χ1v) is 9.81. The summed E-state index contributed by atoms with van der Waals surface area (Å²) in [5.41, 5.74) is 2.97. The van der Waals surface area contributed by atoms with Crippen LogP contribution in [0.3, 0.4) is 0 Å². The van der Waals surface area contributed by atoms with Crippen molar-refractivity contribution in [1.82, 2.24) is 8.96 Å². The summed E-state index contributed by atoms with van der Waals surface area (Å²) in [6.45, 7) is 1.51. The summed E-state index contributed by atoms with van der Waals surface area (Å²) in [7, 11) is -3.70. The largest absolute Gasteiger partial charge is 0.294 e. The van der Waals surface area contributed by atoms with Crippen LogP contribution in [0.15, 0.2) is 83.9 Å². The minimum absolute atomic E-state index is 0.0447. The van der Waals surface area contributed by atoms with Crippen molar-refractivity contribution in [3.05, 3.63) is 84.6 Å². The molecule has 0 spiro atoms. The quantitative estimate of drug-likeness (QED) is 0.502. The first kappa shape index (κ1) is 17.2. The van der Waals surface area contributed by atoms with E-state index in [1.165, 1.54) is 17.1 Å². The Morgan fingerprint density at radius 2 is 1.59 bits per heavy atom. The molecule has 5 nitrogen and oxygen atoms in total. The summed E-state index contributed by atoms with van der Waals surface area (Å²) in [6.07, 6.45) is 1.50. The molecule has 0 saturated heterocycles. The van der Waals surface area contributed by atoms with Crippen molar-refractivity contribution in [3.8, 4) is 11.3 Å². The highest BCUT2D eigenvalue weighted by atomic mass is 32.2. The molecule has 0 radical (unpaired) electrons. The molecule has 0 aliphatic carbocycles. The van der Waals surface area contributed by atoms with E-state index in [-0.39, 0.29) is 10.7 Å². The van der Waals surface area contributed by atoms with Crippen LogP contribution in [0.1, 0.15) is 17.3 Å². The summed E-state index contributed by atoms with van der Waals surface area (Å²) in [6, 6.07) is 20.6. The molecule has 2 heterocycles. The average molecular weight is 376 g/mol. The van der Waals surface area contributed by atoms with Gasteiger partial charge in [0.1, 0.15) is 0 Å². The Bertz CT molecular complexity index is 1260. The van der Waals surface area contributed by atoms with Crippen molar-refractivity contribution < 1.29 is 13.2 Å². The highest BCUT2D eigenvalue weighted by Gasteiger charge is 2.19. The number of Topliss-reactive ketones (excluding diaryl/α,β-unsaturated/α-hetero) is 1. The van der Waals surface area contributed by atoms with Crippen LogP contribution in [0.25, 0.3) is 22.3 Å². The Morgan fingerprint density at radius 3 is 2.33 bits per heavy atom. The van der Waals surface area contributed by atoms with E-state index in [0.717, 1.165) is 5.56 Å². The summed E-state index contributed by atoms with van der Waals surface area (Å²) < 4.78 is 27.0. The van der Waals surface area contributed by atoms with Gasteiger partial charge in [0.25, 0.3) is 10.0 Å². The molecular weight excluding hydrogens is 360 g/mol. The maximum Gasteiger partial charge on any atom is 0.268 e. The van der Waals surface area contributed by atoms with Crippen LogP contribution >= 0.6 is 0 Å². The van der Waals surface area contributed by atoms with Gasteiger partial charge in [-0.2, -0.15) is 0 Å². The molecule has 4 aromatic rings. The number of aromatic nitrogens is 2. The van der Waals surface area contributed by atoms with Crippen molar-refractivity contribution in [1.29, 1.82) is 0 Å². The van der Waals surface area contributed by atoms with Gasteiger partial charge in [-0.25, -0.2) is 17.4 Å². The molecule has 134 valence electrons. The third-order valence-corrected chi connectivity index (χ3v) is 6.09. The van der Waals surface area contributed by atoms with Crippen LogP contribution in [0.2, 0.25) is 0 Å². The summed E-state index contributed by atoms with van der Waals surface area (Å²) in [5.74, 6) is -0.0447. The highest BCUT2D eigenvalue weighted by Crippen LogP contribution is 2.27. The fourth-order valence-electron chi connectivity index (χ4n) is 3.07. The van der Waals surface area contributed by atoms with E-state index < -0.39 is 10.0 Å². The van der Waals surface area contributed by atoms with Crippen LogP contribution in [-0.4, -0.2) is 23.2 Å². The molecule has 27 heavy (non-hydrogen) atoms. The maximum atomic E-state index is 12.9. The van der Waals surface area contributed by atoms with Gasteiger partial charge in [0, 0.05) is 17.3 Å². The minimum atomic E-state index is -3.70. The number of ketones is 1. The molecular formula is C21H16N2O3S. The Morgan fingerprint density at radius 1 is 0.889 bits per heavy atom. The SMILES string of the molecule is CC(=O)c1ccccc1-c1ccc2c(ccn2S(=O)(=O)c2ccccc2)n1. The van der Waals surface area contributed by atoms with Gasteiger partial charge >= 0.3 is 0 Å². The standard InChI is InChI=1S/C21H16N2O3S/c1-15(24)17-9-5-6-10-18(17)19-11-12-21-20(22-19)13-14-23(21)27(25,26)16-7-3-2-4-8-16/h2-14H,1H3. The maximum absolute atomic E-state index is 12.9. The monoisotopic (exact) mass is 376 g/mol. The number of carbonyl (C=O) groups excluding carboxylic acids is 1. The van der Waals surface area contributed by atoms with Crippen molar-refractivity contribution in [2.75, 3.05) is 0 Å². The van der Waals surface area contributed by atoms with Gasteiger partial charge in [0.2, 0.25) is 0 Å². The van der Waals surface area contributed by atoms with E-state index in [1.54, 1.807) is 54.6 Å². The van der Waals surface area contributed by atoms with Gasteiger partial charge in [-0.1, -0.05) is 42.5 Å². The second-order valence-corrected chi connectivity index (χ2v) is 7.95. The van der Waals surface area contributed by atoms with Gasteiger partial charge in [0.05, 0.1) is 21.6 Å². The third kappa shape index (κ3) is 2.94. The van der Waals surface area contributed by atoms with Crippen LogP contribution in [0.5, 0.6) is 0 Å². The number of benzene rings is 2. The second kappa shape index (κ2) is 6.48. The van der Waals surface area contributed by atoms with Gasteiger partial charge in [-0.15, -0.1) is 0 Å². The van der Waals surface area contributed by atoms with Crippen LogP contribution in [-0.2, 0) is 10.0 Å². The van der Waals surface area contributed by atoms with Gasteiger partial charge in [-0.3, -0.25) is 4.79 Å². The number of hydrogen-bond acceptors (Lipinski definition) is 4. The zero-order chi connectivity index (χ0) is 19.0. The van der Waals surface area contributed by atoms with Gasteiger partial charge < -0.3 is 0 Å². The first-order chi connectivity index (χ1) is 13.0. The summed E-state index contributed by atoms with van der Waals surface area (Å²) >= 11 is 0. The smallest absolute Gasteiger partial charge is 0.268 e. The number of rotatable bonds is 4. The third-order valence-electron chi connectivity index (χ3n) is 4.39. The molecule has 0 fully saturated rings. The van der Waals surface area contributed by atoms with Crippen LogP contribution < -0.4 is 0 Å². The lowest BCUT2D eigenvalue weighted by Crippen LogP contribution is -2.11. The lowest BCUT2D eigenvalue weighted by molar-refractivity contribution is 0.101. The number of nitrogens with zero attached hydrogens (tertiary/aromatic N) is 2. The van der Waals surface area contributed by atoms with Crippen molar-refractivity contribution in [2.24, 2.45) is 0 Å². The highest BCUT2D eigenvalue weighted by molar-refractivity contribution is 7.90. The molecule has 0 aliphatic rings. The van der Waals surface area contributed by atoms with Crippen molar-refractivity contribution >= 4 is 26.8 Å². The predicted octanol–water partition coefficient (Wildman–Crippen LogP) is 4.14. The molecule has 0 aliphatic heterocycles. The Hall–Kier alpha value is -3.25. The van der Waals surface area contributed by atoms with Crippen LogP contribution in [0.4, 0.5) is 0 Å². The predicted molar refractivity (Wildman–Crippen MR) is 104 cm³/mol. The van der Waals surface area contributed by atoms with Crippen LogP contribution in [0, 0.1) is 0 Å². The van der Waals surface area contributed by atoms with E-state index in [0.29, 0.717) is 22.3 Å². The molecule has 0 saturated carbocycles. The number of fused-ring (bicyclic) bond motifs is 1. The lowest BCUT2D eigenvalue weighted by atomic mass is 10.0. The fraction of sp³-hybridized carbons (Fsp3) is 0.0476. The Balaban J connectivity index is 1.85. The molecule has 2 aromatic carbocycles. The topological polar surface area (TPSA) is 69.0 Å². The van der Waals surface area contributed by atoms with Gasteiger partial charge in [-0.05, 0) is 37.3 Å². The zero-order valence-electron chi connectivity index (χ0n) is 14.5. The zero-order valence-corrected chi connectivity index (χ0v) is 15.3. The summed E-state index contributed by atoms with van der Waals surface area (Å²) in [4.78, 5) is 16.7. The van der Waals surface area contributed by atoms with E-state index >= 15 is 0 Å². The van der Waals surface area contributed by atoms with E-state index in [9.17, 15) is 13.2 Å². The molecule has 6 heteroatoms. The molecule has 4 rings (SSSR count). The molecule has 2 aromatic heterocycles. The second-order valence-electron chi connectivity index (χ2n) is 6.13. The summed E-state index contributed by atoms with van der Waals surface area (Å²) in [5, 5.41) is 0. The molecule has 0 amide bonds. The van der Waals surface area contributed by atoms with Crippen molar-refractivity contribution in [2.45, 2.75) is 11.8 Å². The van der Waals surface area contributed by atoms with E-state index in [4.69, 9.17) is 0 Å². The molecule has 0 N–H and O–H groups in total. The normalized spacial score (nSPS) is 11.6. The van der Waals surface area contributed by atoms with E-state index in [2.05, 4.69) is 4.98 Å². The average Bonchev–Trinajstić information content (AvgIpc) is 3.12. The van der Waals surface area contributed by atoms with Gasteiger partial charge in [0.15, 0.2) is 5.78 Å². The first-order valence-electron chi connectivity index (χ1n) is 8.37. The number of pyridine rings is 1. The number of carbonyl (C=O) groups is 1. The molecule has 0 bridgehead atoms. The fourth-order valence-corrected chi connectivity index (χ4v) is 4.44. The number of hydrogen-bond donors (Lipinski definition) is 0. The minimum Gasteiger partial charge on any atom is -0.294 e. The Labute approximate surface area is 157 Å². The molecule has 0 unspecified atom stereocenters. The lowest BCUT2D eigenvalue weighted by Gasteiger charge is -2.09.